The van der Waals surface area contributed by atoms with Crippen molar-refractivity contribution in [1.29, 1.82) is 0 Å². The Bertz CT molecular complexity index is 880. The molecule has 134 valence electrons. The zero-order chi connectivity index (χ0) is 18.5. The quantitative estimate of drug-likeness (QED) is 0.674. The molecule has 3 rings (SSSR count). The molecule has 1 aromatic carbocycles. The summed E-state index contributed by atoms with van der Waals surface area (Å²) in [6.07, 6.45) is 3.34. The summed E-state index contributed by atoms with van der Waals surface area (Å²) < 4.78 is 15.1. The van der Waals surface area contributed by atoms with Gasteiger partial charge in [0.15, 0.2) is 11.0 Å². The highest BCUT2D eigenvalue weighted by Gasteiger charge is 2.17. The van der Waals surface area contributed by atoms with Gasteiger partial charge in [-0.25, -0.2) is 4.39 Å². The molecule has 6 nitrogen and oxygen atoms in total. The van der Waals surface area contributed by atoms with Crippen LogP contribution in [-0.2, 0) is 4.79 Å². The van der Waals surface area contributed by atoms with Crippen molar-refractivity contribution in [2.45, 2.75) is 25.0 Å². The van der Waals surface area contributed by atoms with E-state index in [9.17, 15) is 9.18 Å². The summed E-state index contributed by atoms with van der Waals surface area (Å²) in [6.45, 7) is 3.82. The lowest BCUT2D eigenvalue weighted by Gasteiger charge is -2.11. The number of nitrogens with zero attached hydrogens (tertiary/aromatic N) is 4. The molecule has 1 N–H and O–H groups in total. The molecule has 0 aliphatic rings. The van der Waals surface area contributed by atoms with Gasteiger partial charge in [-0.15, -0.1) is 10.2 Å². The lowest BCUT2D eigenvalue weighted by molar-refractivity contribution is -0.119. The van der Waals surface area contributed by atoms with Gasteiger partial charge >= 0.3 is 0 Å². The molecule has 0 bridgehead atoms. The van der Waals surface area contributed by atoms with Crippen molar-refractivity contribution >= 4 is 17.7 Å². The van der Waals surface area contributed by atoms with Crippen LogP contribution in [0, 0.1) is 5.82 Å². The fourth-order valence-electron chi connectivity index (χ4n) is 2.37. The Morgan fingerprint density at radius 1 is 1.15 bits per heavy atom. The van der Waals surface area contributed by atoms with Gasteiger partial charge in [0.05, 0.1) is 5.75 Å². The Hall–Kier alpha value is -2.74. The third-order valence-electron chi connectivity index (χ3n) is 3.44. The van der Waals surface area contributed by atoms with E-state index in [1.54, 1.807) is 24.5 Å². The Morgan fingerprint density at radius 2 is 1.85 bits per heavy atom. The first-order valence-electron chi connectivity index (χ1n) is 8.08. The van der Waals surface area contributed by atoms with Gasteiger partial charge in [-0.3, -0.25) is 14.3 Å². The van der Waals surface area contributed by atoms with E-state index in [2.05, 4.69) is 20.5 Å². The van der Waals surface area contributed by atoms with E-state index in [0.29, 0.717) is 11.0 Å². The summed E-state index contributed by atoms with van der Waals surface area (Å²) in [7, 11) is 0. The Morgan fingerprint density at radius 3 is 2.50 bits per heavy atom. The van der Waals surface area contributed by atoms with E-state index in [1.165, 1.54) is 23.9 Å². The van der Waals surface area contributed by atoms with Gasteiger partial charge in [0.1, 0.15) is 5.82 Å². The topological polar surface area (TPSA) is 72.7 Å². The highest BCUT2D eigenvalue weighted by atomic mass is 32.2. The number of hydrogen-bond donors (Lipinski definition) is 1. The Kier molecular flexibility index (Phi) is 5.62. The molecule has 8 heteroatoms. The van der Waals surface area contributed by atoms with Crippen LogP contribution in [0.25, 0.3) is 17.1 Å². The largest absolute Gasteiger partial charge is 0.353 e. The van der Waals surface area contributed by atoms with Gasteiger partial charge in [0.25, 0.3) is 0 Å². The zero-order valence-corrected chi connectivity index (χ0v) is 15.2. The molecule has 0 saturated carbocycles. The van der Waals surface area contributed by atoms with Gasteiger partial charge in [-0.2, -0.15) is 0 Å². The number of amides is 1. The second kappa shape index (κ2) is 8.09. The minimum atomic E-state index is -0.321. The Labute approximate surface area is 154 Å². The van der Waals surface area contributed by atoms with Crippen molar-refractivity contribution in [2.75, 3.05) is 5.75 Å². The number of halogens is 1. The van der Waals surface area contributed by atoms with Crippen molar-refractivity contribution in [3.63, 3.8) is 0 Å². The fraction of sp³-hybridized carbons (Fsp3) is 0.222. The molecule has 0 unspecified atom stereocenters. The van der Waals surface area contributed by atoms with Crippen molar-refractivity contribution in [2.24, 2.45) is 0 Å². The smallest absolute Gasteiger partial charge is 0.230 e. The minimum absolute atomic E-state index is 0.0745. The summed E-state index contributed by atoms with van der Waals surface area (Å²) in [5.41, 5.74) is 1.55. The fourth-order valence-corrected chi connectivity index (χ4v) is 3.13. The average Bonchev–Trinajstić information content (AvgIpc) is 3.05. The second-order valence-electron chi connectivity index (χ2n) is 5.86. The van der Waals surface area contributed by atoms with Gasteiger partial charge < -0.3 is 5.32 Å². The van der Waals surface area contributed by atoms with Gasteiger partial charge in [-0.1, -0.05) is 11.8 Å². The van der Waals surface area contributed by atoms with Crippen LogP contribution < -0.4 is 5.32 Å². The van der Waals surface area contributed by atoms with E-state index < -0.39 is 0 Å². The third kappa shape index (κ3) is 4.26. The van der Waals surface area contributed by atoms with E-state index in [4.69, 9.17) is 0 Å². The van der Waals surface area contributed by atoms with E-state index in [0.717, 1.165) is 11.3 Å². The monoisotopic (exact) mass is 371 g/mol. The molecule has 0 saturated heterocycles. The summed E-state index contributed by atoms with van der Waals surface area (Å²) in [4.78, 5) is 16.0. The lowest BCUT2D eigenvalue weighted by Crippen LogP contribution is -2.31. The predicted molar refractivity (Wildman–Crippen MR) is 98.6 cm³/mol. The minimum Gasteiger partial charge on any atom is -0.353 e. The number of carbonyl (C=O) groups is 1. The maximum atomic E-state index is 13.3. The average molecular weight is 371 g/mol. The second-order valence-corrected chi connectivity index (χ2v) is 6.81. The number of carbonyl (C=O) groups excluding carboxylic acids is 1. The number of rotatable bonds is 6. The number of nitrogens with one attached hydrogen (secondary N) is 1. The highest BCUT2D eigenvalue weighted by molar-refractivity contribution is 7.99. The number of pyridine rings is 1. The zero-order valence-electron chi connectivity index (χ0n) is 14.4. The van der Waals surface area contributed by atoms with Crippen LogP contribution >= 0.6 is 11.8 Å². The summed E-state index contributed by atoms with van der Waals surface area (Å²) in [5, 5.41) is 11.9. The molecule has 3 aromatic rings. The third-order valence-corrected chi connectivity index (χ3v) is 4.37. The Balaban J connectivity index is 1.95. The molecule has 0 fully saturated rings. The molecule has 0 aliphatic heterocycles. The van der Waals surface area contributed by atoms with E-state index in [1.807, 2.05) is 30.5 Å². The van der Waals surface area contributed by atoms with Gasteiger partial charge in [0, 0.05) is 29.7 Å². The number of hydrogen-bond acceptors (Lipinski definition) is 5. The molecule has 0 radical (unpaired) electrons. The molecular formula is C18H18FN5OS. The lowest BCUT2D eigenvalue weighted by atomic mass is 10.2. The van der Waals surface area contributed by atoms with Crippen LogP contribution in [0.2, 0.25) is 0 Å². The molecule has 26 heavy (non-hydrogen) atoms. The van der Waals surface area contributed by atoms with E-state index >= 15 is 0 Å². The number of benzene rings is 1. The molecule has 2 aromatic heterocycles. The van der Waals surface area contributed by atoms with Crippen LogP contribution in [0.15, 0.2) is 53.9 Å². The molecule has 0 aliphatic carbocycles. The van der Waals surface area contributed by atoms with Crippen LogP contribution in [-0.4, -0.2) is 37.5 Å². The highest BCUT2D eigenvalue weighted by Crippen LogP contribution is 2.27. The number of thioether (sulfide) groups is 1. The maximum absolute atomic E-state index is 13.3. The molecule has 0 atom stereocenters. The number of aromatic nitrogens is 4. The standard InChI is InChI=1S/C18H18FN5OS/c1-12(2)21-16(25)11-26-18-23-22-17(13-7-9-20-10-8-13)24(18)15-5-3-14(19)4-6-15/h3-10,12H,11H2,1-2H3,(H,21,25). The normalized spacial score (nSPS) is 10.9. The maximum Gasteiger partial charge on any atom is 0.230 e. The van der Waals surface area contributed by atoms with Crippen molar-refractivity contribution in [3.05, 3.63) is 54.6 Å². The van der Waals surface area contributed by atoms with Crippen molar-refractivity contribution < 1.29 is 9.18 Å². The van der Waals surface area contributed by atoms with Crippen LogP contribution in [0.3, 0.4) is 0 Å². The van der Waals surface area contributed by atoms with Crippen LogP contribution in [0.1, 0.15) is 13.8 Å². The molecule has 2 heterocycles. The molecular weight excluding hydrogens is 353 g/mol. The predicted octanol–water partition coefficient (Wildman–Crippen LogP) is 3.09. The molecule has 1 amide bonds. The van der Waals surface area contributed by atoms with Crippen molar-refractivity contribution in [1.82, 2.24) is 25.1 Å². The van der Waals surface area contributed by atoms with Crippen LogP contribution in [0.5, 0.6) is 0 Å². The SMILES string of the molecule is CC(C)NC(=O)CSc1nnc(-c2ccncc2)n1-c1ccc(F)cc1. The first-order valence-corrected chi connectivity index (χ1v) is 9.07. The summed E-state index contributed by atoms with van der Waals surface area (Å²) >= 11 is 1.28. The summed E-state index contributed by atoms with van der Waals surface area (Å²) in [6, 6.07) is 9.79. The van der Waals surface area contributed by atoms with Gasteiger partial charge in [0.2, 0.25) is 5.91 Å². The summed E-state index contributed by atoms with van der Waals surface area (Å²) in [5.74, 6) is 0.418. The first-order chi connectivity index (χ1) is 12.5. The molecule has 0 spiro atoms. The van der Waals surface area contributed by atoms with Gasteiger partial charge in [-0.05, 0) is 50.2 Å². The van der Waals surface area contributed by atoms with Crippen molar-refractivity contribution in [3.8, 4) is 17.1 Å². The first kappa shape index (κ1) is 18.1. The van der Waals surface area contributed by atoms with Crippen LogP contribution in [0.4, 0.5) is 4.39 Å². The van der Waals surface area contributed by atoms with E-state index in [-0.39, 0.29) is 23.5 Å².